The van der Waals surface area contributed by atoms with E-state index in [4.69, 9.17) is 14.2 Å². The van der Waals surface area contributed by atoms with Crippen molar-refractivity contribution in [2.45, 2.75) is 13.2 Å². The van der Waals surface area contributed by atoms with Gasteiger partial charge in [0, 0.05) is 16.1 Å². The third-order valence-electron chi connectivity index (χ3n) is 6.27. The number of nitrogens with zero attached hydrogens (tertiary/aromatic N) is 1. The molecule has 0 spiro atoms. The lowest BCUT2D eigenvalue weighted by atomic mass is 10.1. The highest BCUT2D eigenvalue weighted by molar-refractivity contribution is 9.10. The van der Waals surface area contributed by atoms with Crippen molar-refractivity contribution in [3.63, 3.8) is 0 Å². The van der Waals surface area contributed by atoms with Gasteiger partial charge in [-0.25, -0.2) is 9.69 Å². The van der Waals surface area contributed by atoms with E-state index < -0.39 is 17.8 Å². The molecule has 0 aromatic heterocycles. The molecule has 41 heavy (non-hydrogen) atoms. The molecule has 5 rings (SSSR count). The monoisotopic (exact) mass is 612 g/mol. The maximum atomic E-state index is 13.5. The van der Waals surface area contributed by atoms with Crippen molar-refractivity contribution >= 4 is 45.5 Å². The fraction of sp³-hybridized carbons (Fsp3) is 0.0938. The molecule has 0 atom stereocenters. The van der Waals surface area contributed by atoms with E-state index in [2.05, 4.69) is 21.2 Å². The van der Waals surface area contributed by atoms with Crippen molar-refractivity contribution in [2.24, 2.45) is 0 Å². The molecule has 8 nitrogen and oxygen atoms in total. The lowest BCUT2D eigenvalue weighted by Gasteiger charge is -2.26. The maximum absolute atomic E-state index is 13.5. The second-order valence-electron chi connectivity index (χ2n) is 9.04. The van der Waals surface area contributed by atoms with Crippen LogP contribution in [0.4, 0.5) is 10.5 Å². The Labute approximate surface area is 245 Å². The molecule has 4 aromatic carbocycles. The summed E-state index contributed by atoms with van der Waals surface area (Å²) in [5.41, 5.74) is 2.49. The molecular formula is C32H25BrN2O6. The molecule has 206 valence electrons. The van der Waals surface area contributed by atoms with Crippen LogP contribution in [-0.2, 0) is 22.8 Å². The van der Waals surface area contributed by atoms with Gasteiger partial charge in [0.05, 0.1) is 12.8 Å². The van der Waals surface area contributed by atoms with Crippen LogP contribution in [0.25, 0.3) is 6.08 Å². The van der Waals surface area contributed by atoms with Crippen LogP contribution in [0.15, 0.2) is 107 Å². The number of carbonyl (C=O) groups is 3. The lowest BCUT2D eigenvalue weighted by molar-refractivity contribution is -0.122. The van der Waals surface area contributed by atoms with Gasteiger partial charge in [-0.15, -0.1) is 0 Å². The second kappa shape index (κ2) is 12.5. The van der Waals surface area contributed by atoms with Gasteiger partial charge in [0.25, 0.3) is 11.8 Å². The summed E-state index contributed by atoms with van der Waals surface area (Å²) in [5, 5.41) is 2.25. The topological polar surface area (TPSA) is 94.2 Å². The summed E-state index contributed by atoms with van der Waals surface area (Å²) in [4.78, 5) is 39.9. The first-order chi connectivity index (χ1) is 19.9. The summed E-state index contributed by atoms with van der Waals surface area (Å²) in [5.74, 6) is -0.0274. The highest BCUT2D eigenvalue weighted by Gasteiger charge is 2.37. The number of barbiturate groups is 1. The van der Waals surface area contributed by atoms with Crippen LogP contribution >= 0.6 is 15.9 Å². The number of benzene rings is 4. The van der Waals surface area contributed by atoms with Crippen molar-refractivity contribution in [3.05, 3.63) is 124 Å². The average molecular weight is 613 g/mol. The molecule has 0 radical (unpaired) electrons. The molecule has 9 heteroatoms. The van der Waals surface area contributed by atoms with Crippen LogP contribution in [0.3, 0.4) is 0 Å². The number of urea groups is 1. The predicted octanol–water partition coefficient (Wildman–Crippen LogP) is 6.28. The quantitative estimate of drug-likeness (QED) is 0.176. The van der Waals surface area contributed by atoms with Crippen LogP contribution in [0.5, 0.6) is 17.2 Å². The molecular weight excluding hydrogens is 588 g/mol. The SMILES string of the molecule is COc1ccc(/C=C2\C(=O)NC(=O)N(c3ccc(OCc4ccc(Br)cc4)cc3)C2=O)c(OCc2ccccc2)c1. The minimum atomic E-state index is -0.837. The maximum Gasteiger partial charge on any atom is 0.335 e. The van der Waals surface area contributed by atoms with Crippen LogP contribution in [0.2, 0.25) is 0 Å². The zero-order valence-electron chi connectivity index (χ0n) is 22.0. The first-order valence-electron chi connectivity index (χ1n) is 12.6. The molecule has 1 aliphatic rings. The zero-order valence-corrected chi connectivity index (χ0v) is 23.6. The highest BCUT2D eigenvalue weighted by Crippen LogP contribution is 2.30. The van der Waals surface area contributed by atoms with Gasteiger partial charge >= 0.3 is 6.03 Å². The Kier molecular flexibility index (Phi) is 8.45. The number of halogens is 1. The predicted molar refractivity (Wildman–Crippen MR) is 158 cm³/mol. The van der Waals surface area contributed by atoms with Crippen molar-refractivity contribution in [1.29, 1.82) is 0 Å². The van der Waals surface area contributed by atoms with E-state index in [1.54, 1.807) is 42.5 Å². The lowest BCUT2D eigenvalue weighted by Crippen LogP contribution is -2.54. The molecule has 1 saturated heterocycles. The van der Waals surface area contributed by atoms with Crippen molar-refractivity contribution in [2.75, 3.05) is 12.0 Å². The van der Waals surface area contributed by atoms with Gasteiger partial charge in [-0.2, -0.15) is 0 Å². The molecule has 0 aliphatic carbocycles. The first-order valence-corrected chi connectivity index (χ1v) is 13.4. The Hall–Kier alpha value is -4.89. The molecule has 1 aliphatic heterocycles. The number of ether oxygens (including phenoxy) is 3. The summed E-state index contributed by atoms with van der Waals surface area (Å²) in [7, 11) is 1.53. The second-order valence-corrected chi connectivity index (χ2v) is 9.96. The summed E-state index contributed by atoms with van der Waals surface area (Å²) < 4.78 is 18.1. The Bertz CT molecular complexity index is 1600. The van der Waals surface area contributed by atoms with E-state index in [-0.39, 0.29) is 17.9 Å². The molecule has 0 saturated carbocycles. The Balaban J connectivity index is 1.36. The molecule has 0 bridgehead atoms. The van der Waals surface area contributed by atoms with E-state index in [9.17, 15) is 14.4 Å². The number of methoxy groups -OCH3 is 1. The number of anilines is 1. The number of amides is 4. The fourth-order valence-corrected chi connectivity index (χ4v) is 4.37. The van der Waals surface area contributed by atoms with Gasteiger partial charge in [0.2, 0.25) is 0 Å². The summed E-state index contributed by atoms with van der Waals surface area (Å²) in [6.45, 7) is 0.624. The van der Waals surface area contributed by atoms with Crippen molar-refractivity contribution in [3.8, 4) is 17.2 Å². The van der Waals surface area contributed by atoms with E-state index in [1.807, 2.05) is 54.6 Å². The summed E-state index contributed by atoms with van der Waals surface area (Å²) in [6.07, 6.45) is 1.41. The number of imide groups is 2. The molecule has 4 aromatic rings. The normalized spacial score (nSPS) is 14.1. The van der Waals surface area contributed by atoms with Crippen molar-refractivity contribution < 1.29 is 28.6 Å². The van der Waals surface area contributed by atoms with Crippen LogP contribution in [0, 0.1) is 0 Å². The van der Waals surface area contributed by atoms with Gasteiger partial charge in [0.1, 0.15) is 36.0 Å². The summed E-state index contributed by atoms with van der Waals surface area (Å²) >= 11 is 3.41. The number of hydrogen-bond donors (Lipinski definition) is 1. The fourth-order valence-electron chi connectivity index (χ4n) is 4.11. The van der Waals surface area contributed by atoms with Gasteiger partial charge < -0.3 is 14.2 Å². The van der Waals surface area contributed by atoms with Crippen LogP contribution in [-0.4, -0.2) is 25.0 Å². The number of rotatable bonds is 9. The van der Waals surface area contributed by atoms with Gasteiger partial charge in [-0.3, -0.25) is 14.9 Å². The largest absolute Gasteiger partial charge is 0.497 e. The van der Waals surface area contributed by atoms with Gasteiger partial charge in [0.15, 0.2) is 0 Å². The standard InChI is InChI=1S/C32H25BrN2O6/c1-39-27-14-9-23(29(18-27)41-20-21-5-3-2-4-6-21)17-28-30(36)34-32(38)35(31(28)37)25-12-15-26(16-13-25)40-19-22-7-10-24(33)11-8-22/h2-18H,19-20H2,1H3,(H,34,36,38)/b28-17+. The number of hydrogen-bond acceptors (Lipinski definition) is 6. The number of carbonyl (C=O) groups excluding carboxylic acids is 3. The number of nitrogens with one attached hydrogen (secondary N) is 1. The molecule has 1 N–H and O–H groups in total. The van der Waals surface area contributed by atoms with E-state index >= 15 is 0 Å². The van der Waals surface area contributed by atoms with Gasteiger partial charge in [-0.1, -0.05) is 58.4 Å². The third-order valence-corrected chi connectivity index (χ3v) is 6.80. The van der Waals surface area contributed by atoms with Crippen LogP contribution in [0.1, 0.15) is 16.7 Å². The van der Waals surface area contributed by atoms with Crippen molar-refractivity contribution in [1.82, 2.24) is 5.32 Å². The molecule has 1 heterocycles. The third kappa shape index (κ3) is 6.64. The molecule has 0 unspecified atom stereocenters. The Morgan fingerprint density at radius 2 is 1.44 bits per heavy atom. The molecule has 4 amide bonds. The minimum Gasteiger partial charge on any atom is -0.497 e. The van der Waals surface area contributed by atoms with E-state index in [1.165, 1.54) is 13.2 Å². The Morgan fingerprint density at radius 1 is 0.780 bits per heavy atom. The smallest absolute Gasteiger partial charge is 0.335 e. The minimum absolute atomic E-state index is 0.213. The van der Waals surface area contributed by atoms with E-state index in [0.717, 1.165) is 20.5 Å². The zero-order chi connectivity index (χ0) is 28.8. The van der Waals surface area contributed by atoms with Crippen LogP contribution < -0.4 is 24.4 Å². The Morgan fingerprint density at radius 3 is 2.15 bits per heavy atom. The first kappa shape index (κ1) is 27.7. The van der Waals surface area contributed by atoms with Gasteiger partial charge in [-0.05, 0) is 65.7 Å². The van der Waals surface area contributed by atoms with E-state index in [0.29, 0.717) is 29.4 Å². The molecule has 1 fully saturated rings. The summed E-state index contributed by atoms with van der Waals surface area (Å²) in [6, 6.07) is 28.1. The highest BCUT2D eigenvalue weighted by atomic mass is 79.9. The average Bonchev–Trinajstić information content (AvgIpc) is 2.99.